The molecule has 3 aromatic rings. The molecular formula is C23H23NOS. The predicted molar refractivity (Wildman–Crippen MR) is 110 cm³/mol. The van der Waals surface area contributed by atoms with Gasteiger partial charge in [-0.05, 0) is 35.1 Å². The van der Waals surface area contributed by atoms with Gasteiger partial charge in [-0.2, -0.15) is 0 Å². The number of benzene rings is 3. The summed E-state index contributed by atoms with van der Waals surface area (Å²) >= 11 is 1.71. The van der Waals surface area contributed by atoms with Gasteiger partial charge in [-0.25, -0.2) is 0 Å². The molecule has 3 aromatic carbocycles. The van der Waals surface area contributed by atoms with Crippen LogP contribution in [0.1, 0.15) is 29.3 Å². The molecule has 2 fully saturated rings. The quantitative estimate of drug-likeness (QED) is 0.359. The van der Waals surface area contributed by atoms with Crippen molar-refractivity contribution in [3.8, 4) is 0 Å². The van der Waals surface area contributed by atoms with Crippen molar-refractivity contribution >= 4 is 28.3 Å². The van der Waals surface area contributed by atoms with Gasteiger partial charge in [0.05, 0.1) is 0 Å². The smallest absolute Gasteiger partial charge is 0.194 e. The third kappa shape index (κ3) is 3.55. The molecule has 2 aliphatic rings. The van der Waals surface area contributed by atoms with Gasteiger partial charge in [0.25, 0.3) is 0 Å². The first-order chi connectivity index (χ1) is 12.8. The summed E-state index contributed by atoms with van der Waals surface area (Å²) < 4.78 is 0. The largest absolute Gasteiger partial charge is 0.297 e. The third-order valence-corrected chi connectivity index (χ3v) is 6.00. The first-order valence-electron chi connectivity index (χ1n) is 9.26. The minimum atomic E-state index is 0.100. The summed E-state index contributed by atoms with van der Waals surface area (Å²) in [6.07, 6.45) is 1.49. The molecule has 26 heavy (non-hydrogen) atoms. The van der Waals surface area contributed by atoms with Crippen LogP contribution in [0.25, 0.3) is 10.8 Å². The summed E-state index contributed by atoms with van der Waals surface area (Å²) in [5, 5.41) is 2.12. The lowest BCUT2D eigenvalue weighted by molar-refractivity contribution is 0.103. The molecule has 0 spiro atoms. The first-order valence-corrected chi connectivity index (χ1v) is 10.2. The van der Waals surface area contributed by atoms with E-state index in [1.54, 1.807) is 11.8 Å². The molecule has 2 nitrogen and oxygen atoms in total. The Bertz CT molecular complexity index is 919. The summed E-state index contributed by atoms with van der Waals surface area (Å²) in [4.78, 5) is 16.5. The number of hydrogen-bond donors (Lipinski definition) is 0. The van der Waals surface area contributed by atoms with E-state index in [1.165, 1.54) is 19.5 Å². The Balaban J connectivity index is 0.000000283. The van der Waals surface area contributed by atoms with Crippen LogP contribution in [0.3, 0.4) is 0 Å². The molecule has 0 bridgehead atoms. The Morgan fingerprint density at radius 3 is 2.38 bits per heavy atom. The number of thioether (sulfide) groups is 1. The molecule has 2 atom stereocenters. The third-order valence-electron chi connectivity index (χ3n) is 5.04. The topological polar surface area (TPSA) is 20.1 Å². The Morgan fingerprint density at radius 1 is 1.00 bits per heavy atom. The van der Waals surface area contributed by atoms with Gasteiger partial charge < -0.3 is 0 Å². The highest BCUT2D eigenvalue weighted by Gasteiger charge is 2.41. The van der Waals surface area contributed by atoms with E-state index in [1.807, 2.05) is 66.7 Å². The zero-order chi connectivity index (χ0) is 17.9. The van der Waals surface area contributed by atoms with Crippen LogP contribution in [-0.2, 0) is 0 Å². The van der Waals surface area contributed by atoms with Crippen LogP contribution in [0.4, 0.5) is 0 Å². The summed E-state index contributed by atoms with van der Waals surface area (Å²) in [7, 11) is 0. The fourth-order valence-electron chi connectivity index (χ4n) is 3.40. The fraction of sp³-hybridized carbons (Fsp3) is 0.261. The number of rotatable bonds is 4. The van der Waals surface area contributed by atoms with E-state index < -0.39 is 0 Å². The Hall–Kier alpha value is -2.10. The Kier molecular flexibility index (Phi) is 5.09. The van der Waals surface area contributed by atoms with Gasteiger partial charge in [-0.15, -0.1) is 11.8 Å². The summed E-state index contributed by atoms with van der Waals surface area (Å²) in [6.45, 7) is 4.91. The molecule has 0 saturated carbocycles. The molecule has 2 unspecified atom stereocenters. The van der Waals surface area contributed by atoms with Crippen LogP contribution in [0.2, 0.25) is 0 Å². The summed E-state index contributed by atoms with van der Waals surface area (Å²) in [5.74, 6) is 1.06. The number of nitrogens with zero attached hydrogens (tertiary/aromatic N) is 1. The van der Waals surface area contributed by atoms with Gasteiger partial charge in [0.15, 0.2) is 5.78 Å². The maximum absolute atomic E-state index is 12.9. The van der Waals surface area contributed by atoms with E-state index in [4.69, 9.17) is 0 Å². The van der Waals surface area contributed by atoms with E-state index in [0.29, 0.717) is 0 Å². The monoisotopic (exact) mass is 361 g/mol. The Morgan fingerprint density at radius 2 is 1.69 bits per heavy atom. The molecule has 0 aliphatic carbocycles. The van der Waals surface area contributed by atoms with Gasteiger partial charge in [0.2, 0.25) is 0 Å². The van der Waals surface area contributed by atoms with Crippen molar-refractivity contribution in [2.24, 2.45) is 0 Å². The van der Waals surface area contributed by atoms with Gasteiger partial charge in [0.1, 0.15) is 0 Å². The lowest BCUT2D eigenvalue weighted by atomic mass is 9.97. The van der Waals surface area contributed by atoms with E-state index in [9.17, 15) is 4.79 Å². The maximum atomic E-state index is 12.9. The van der Waals surface area contributed by atoms with Gasteiger partial charge in [-0.1, -0.05) is 61.5 Å². The lowest BCUT2D eigenvalue weighted by Crippen LogP contribution is -2.16. The molecular weight excluding hydrogens is 338 g/mol. The van der Waals surface area contributed by atoms with Crippen LogP contribution in [0, 0.1) is 0 Å². The van der Waals surface area contributed by atoms with E-state index in [0.717, 1.165) is 38.6 Å². The van der Waals surface area contributed by atoms with E-state index in [2.05, 4.69) is 11.8 Å². The molecule has 0 radical (unpaired) electrons. The molecule has 0 amide bonds. The highest BCUT2D eigenvalue weighted by Crippen LogP contribution is 2.30. The number of carbonyl (C=O) groups is 1. The van der Waals surface area contributed by atoms with Crippen molar-refractivity contribution in [2.45, 2.75) is 24.3 Å². The van der Waals surface area contributed by atoms with Gasteiger partial charge in [0, 0.05) is 35.2 Å². The zero-order valence-electron chi connectivity index (χ0n) is 15.0. The SMILES string of the molecule is C1CN2CC12.CCSc1ccccc1C(=O)c1cccc2ccccc12. The molecule has 2 aliphatic heterocycles. The molecule has 0 N–H and O–H groups in total. The number of fused-ring (bicyclic) bond motifs is 2. The van der Waals surface area contributed by atoms with Gasteiger partial charge >= 0.3 is 0 Å². The second kappa shape index (κ2) is 7.65. The number of hydrogen-bond acceptors (Lipinski definition) is 3. The normalized spacial score (nSPS) is 19.7. The fourth-order valence-corrected chi connectivity index (χ4v) is 4.21. The number of ketones is 1. The summed E-state index contributed by atoms with van der Waals surface area (Å²) in [5.41, 5.74) is 1.57. The predicted octanol–water partition coefficient (Wildman–Crippen LogP) is 5.26. The van der Waals surface area contributed by atoms with Crippen molar-refractivity contribution < 1.29 is 4.79 Å². The second-order valence-electron chi connectivity index (χ2n) is 6.72. The number of carbonyl (C=O) groups excluding carboxylic acids is 1. The van der Waals surface area contributed by atoms with Crippen LogP contribution in [0.15, 0.2) is 71.6 Å². The molecule has 0 aromatic heterocycles. The van der Waals surface area contributed by atoms with Crippen molar-refractivity contribution in [2.75, 3.05) is 18.8 Å². The average molecular weight is 362 g/mol. The van der Waals surface area contributed by atoms with E-state index in [-0.39, 0.29) is 5.78 Å². The summed E-state index contributed by atoms with van der Waals surface area (Å²) in [6, 6.07) is 22.8. The van der Waals surface area contributed by atoms with Crippen LogP contribution in [0.5, 0.6) is 0 Å². The minimum absolute atomic E-state index is 0.100. The maximum Gasteiger partial charge on any atom is 0.194 e. The van der Waals surface area contributed by atoms with Crippen molar-refractivity contribution in [3.05, 3.63) is 77.9 Å². The highest BCUT2D eigenvalue weighted by molar-refractivity contribution is 7.99. The molecule has 2 saturated heterocycles. The second-order valence-corrected chi connectivity index (χ2v) is 8.03. The van der Waals surface area contributed by atoms with Crippen molar-refractivity contribution in [1.29, 1.82) is 0 Å². The molecule has 2 heterocycles. The van der Waals surface area contributed by atoms with E-state index >= 15 is 0 Å². The van der Waals surface area contributed by atoms with Crippen molar-refractivity contribution in [1.82, 2.24) is 4.90 Å². The first kappa shape index (κ1) is 17.3. The molecule has 132 valence electrons. The standard InChI is InChI=1S/C19H16OS.C4H7N/c1-2-21-18-13-6-5-11-17(18)19(20)16-12-7-9-14-8-3-4-10-15(14)16;1-2-5-3-4(1)5/h3-13H,2H2,1H3;4H,1-3H2. The lowest BCUT2D eigenvalue weighted by Gasteiger charge is -2.09. The van der Waals surface area contributed by atoms with Crippen LogP contribution in [-0.4, -0.2) is 35.6 Å². The zero-order valence-corrected chi connectivity index (χ0v) is 15.8. The Labute approximate surface area is 159 Å². The van der Waals surface area contributed by atoms with Crippen LogP contribution < -0.4 is 0 Å². The minimum Gasteiger partial charge on any atom is -0.297 e. The van der Waals surface area contributed by atoms with Gasteiger partial charge in [-0.3, -0.25) is 9.69 Å². The van der Waals surface area contributed by atoms with Crippen LogP contribution >= 0.6 is 11.8 Å². The van der Waals surface area contributed by atoms with Crippen molar-refractivity contribution in [3.63, 3.8) is 0 Å². The highest BCUT2D eigenvalue weighted by atomic mass is 32.2. The molecule has 3 heteroatoms. The molecule has 5 rings (SSSR count). The average Bonchev–Trinajstić information content (AvgIpc) is 3.27.